The van der Waals surface area contributed by atoms with Gasteiger partial charge in [-0.05, 0) is 19.8 Å². The van der Waals surface area contributed by atoms with Crippen molar-refractivity contribution < 1.29 is 14.6 Å². The zero-order chi connectivity index (χ0) is 10.2. The van der Waals surface area contributed by atoms with E-state index in [2.05, 4.69) is 12.2 Å². The van der Waals surface area contributed by atoms with Gasteiger partial charge in [-0.25, -0.2) is 0 Å². The quantitative estimate of drug-likeness (QED) is 0.603. The molecule has 1 heterocycles. The van der Waals surface area contributed by atoms with Gasteiger partial charge in [-0.3, -0.25) is 0 Å². The third-order valence-corrected chi connectivity index (χ3v) is 2.40. The summed E-state index contributed by atoms with van der Waals surface area (Å²) in [5.74, 6) is 0. The van der Waals surface area contributed by atoms with Crippen molar-refractivity contribution in [1.29, 1.82) is 0 Å². The summed E-state index contributed by atoms with van der Waals surface area (Å²) < 4.78 is 10.6. The van der Waals surface area contributed by atoms with Gasteiger partial charge in [-0.15, -0.1) is 0 Å². The maximum Gasteiger partial charge on any atom is 0.0698 e. The van der Waals surface area contributed by atoms with E-state index in [4.69, 9.17) is 14.6 Å². The van der Waals surface area contributed by atoms with Crippen LogP contribution in [-0.4, -0.2) is 50.2 Å². The molecule has 1 rings (SSSR count). The number of nitrogens with one attached hydrogen (secondary N) is 1. The van der Waals surface area contributed by atoms with E-state index in [9.17, 15) is 0 Å². The van der Waals surface area contributed by atoms with Gasteiger partial charge in [0.1, 0.15) is 0 Å². The first-order valence-corrected chi connectivity index (χ1v) is 5.36. The maximum absolute atomic E-state index is 8.49. The fraction of sp³-hybridized carbons (Fsp3) is 1.00. The topological polar surface area (TPSA) is 50.7 Å². The van der Waals surface area contributed by atoms with Gasteiger partial charge in [0.15, 0.2) is 0 Å². The second kappa shape index (κ2) is 7.17. The summed E-state index contributed by atoms with van der Waals surface area (Å²) >= 11 is 0. The van der Waals surface area contributed by atoms with Crippen LogP contribution in [0.5, 0.6) is 0 Å². The highest BCUT2D eigenvalue weighted by Gasteiger charge is 2.17. The normalized spacial score (nSPS) is 27.9. The van der Waals surface area contributed by atoms with Crippen molar-refractivity contribution in [2.45, 2.75) is 31.9 Å². The number of aliphatic hydroxyl groups is 1. The standard InChI is InChI=1S/C10H21NO3/c1-9-8-10(2-5-14-9)11-3-6-13-7-4-12/h9-12H,2-8H2,1H3. The van der Waals surface area contributed by atoms with Crippen molar-refractivity contribution in [2.75, 3.05) is 33.0 Å². The van der Waals surface area contributed by atoms with Crippen LogP contribution in [0.25, 0.3) is 0 Å². The van der Waals surface area contributed by atoms with E-state index < -0.39 is 0 Å². The minimum atomic E-state index is 0.105. The Labute approximate surface area is 85.6 Å². The predicted octanol–water partition coefficient (Wildman–Crippen LogP) is 0.152. The van der Waals surface area contributed by atoms with Gasteiger partial charge in [0, 0.05) is 19.2 Å². The number of rotatable bonds is 6. The van der Waals surface area contributed by atoms with Crippen LogP contribution in [0.2, 0.25) is 0 Å². The molecule has 14 heavy (non-hydrogen) atoms. The van der Waals surface area contributed by atoms with Gasteiger partial charge in [0.25, 0.3) is 0 Å². The lowest BCUT2D eigenvalue weighted by Crippen LogP contribution is -2.39. The monoisotopic (exact) mass is 203 g/mol. The molecule has 4 nitrogen and oxygen atoms in total. The Hall–Kier alpha value is -0.160. The fourth-order valence-electron chi connectivity index (χ4n) is 1.69. The van der Waals surface area contributed by atoms with Crippen molar-refractivity contribution in [3.05, 3.63) is 0 Å². The van der Waals surface area contributed by atoms with Gasteiger partial charge >= 0.3 is 0 Å². The SMILES string of the molecule is CC1CC(NCCOCCO)CCO1. The molecule has 4 heteroatoms. The van der Waals surface area contributed by atoms with Crippen molar-refractivity contribution in [1.82, 2.24) is 5.32 Å². The molecule has 0 aromatic carbocycles. The molecule has 1 aliphatic heterocycles. The molecule has 84 valence electrons. The molecular weight excluding hydrogens is 182 g/mol. The van der Waals surface area contributed by atoms with E-state index in [1.165, 1.54) is 0 Å². The zero-order valence-corrected chi connectivity index (χ0v) is 8.87. The van der Waals surface area contributed by atoms with E-state index in [0.29, 0.717) is 25.4 Å². The van der Waals surface area contributed by atoms with Crippen molar-refractivity contribution in [3.63, 3.8) is 0 Å². The smallest absolute Gasteiger partial charge is 0.0698 e. The molecule has 0 bridgehead atoms. The zero-order valence-electron chi connectivity index (χ0n) is 8.87. The Morgan fingerprint density at radius 2 is 2.36 bits per heavy atom. The predicted molar refractivity (Wildman–Crippen MR) is 54.3 cm³/mol. The summed E-state index contributed by atoms with van der Waals surface area (Å²) in [6, 6.07) is 0.566. The molecule has 0 amide bonds. The first kappa shape index (κ1) is 11.9. The average Bonchev–Trinajstić information content (AvgIpc) is 2.18. The Morgan fingerprint density at radius 1 is 1.50 bits per heavy atom. The first-order valence-electron chi connectivity index (χ1n) is 5.36. The molecule has 1 saturated heterocycles. The second-order valence-electron chi connectivity index (χ2n) is 3.69. The van der Waals surface area contributed by atoms with Crippen LogP contribution >= 0.6 is 0 Å². The van der Waals surface area contributed by atoms with E-state index in [1.807, 2.05) is 0 Å². The van der Waals surface area contributed by atoms with Crippen molar-refractivity contribution in [2.24, 2.45) is 0 Å². The third kappa shape index (κ3) is 4.91. The molecule has 2 N–H and O–H groups in total. The van der Waals surface area contributed by atoms with Gasteiger partial charge in [0.05, 0.1) is 25.9 Å². The van der Waals surface area contributed by atoms with E-state index in [1.54, 1.807) is 0 Å². The van der Waals surface area contributed by atoms with Crippen LogP contribution in [0.15, 0.2) is 0 Å². The molecule has 0 radical (unpaired) electrons. The maximum atomic E-state index is 8.49. The van der Waals surface area contributed by atoms with Crippen LogP contribution < -0.4 is 5.32 Å². The van der Waals surface area contributed by atoms with Gasteiger partial charge < -0.3 is 19.9 Å². The molecule has 0 aromatic heterocycles. The molecule has 2 unspecified atom stereocenters. The van der Waals surface area contributed by atoms with Crippen LogP contribution in [0.1, 0.15) is 19.8 Å². The summed E-state index contributed by atoms with van der Waals surface area (Å²) in [5.41, 5.74) is 0. The highest BCUT2D eigenvalue weighted by Crippen LogP contribution is 2.12. The molecule has 0 saturated carbocycles. The average molecular weight is 203 g/mol. The van der Waals surface area contributed by atoms with E-state index in [-0.39, 0.29) is 6.61 Å². The summed E-state index contributed by atoms with van der Waals surface area (Å²) in [6.45, 7) is 5.04. The molecule has 1 fully saturated rings. The molecule has 0 aliphatic carbocycles. The minimum Gasteiger partial charge on any atom is -0.394 e. The molecule has 2 atom stereocenters. The first-order chi connectivity index (χ1) is 6.83. The lowest BCUT2D eigenvalue weighted by molar-refractivity contribution is 0.0113. The minimum absolute atomic E-state index is 0.105. The fourth-order valence-corrected chi connectivity index (χ4v) is 1.69. The Bertz CT molecular complexity index is 143. The van der Waals surface area contributed by atoms with Gasteiger partial charge in [-0.2, -0.15) is 0 Å². The molecular formula is C10H21NO3. The second-order valence-corrected chi connectivity index (χ2v) is 3.69. The van der Waals surface area contributed by atoms with Crippen molar-refractivity contribution in [3.8, 4) is 0 Å². The van der Waals surface area contributed by atoms with Crippen LogP contribution in [0.4, 0.5) is 0 Å². The highest BCUT2D eigenvalue weighted by atomic mass is 16.5. The molecule has 0 spiro atoms. The Kier molecular flexibility index (Phi) is 6.10. The summed E-state index contributed by atoms with van der Waals surface area (Å²) in [5, 5.41) is 11.9. The third-order valence-electron chi connectivity index (χ3n) is 2.40. The number of aliphatic hydroxyl groups excluding tert-OH is 1. The summed E-state index contributed by atoms with van der Waals surface area (Å²) in [6.07, 6.45) is 2.55. The number of hydrogen-bond donors (Lipinski definition) is 2. The van der Waals surface area contributed by atoms with E-state index in [0.717, 1.165) is 26.0 Å². The lowest BCUT2D eigenvalue weighted by Gasteiger charge is -2.28. The number of hydrogen-bond acceptors (Lipinski definition) is 4. The van der Waals surface area contributed by atoms with Crippen LogP contribution in [-0.2, 0) is 9.47 Å². The molecule has 0 aromatic rings. The lowest BCUT2D eigenvalue weighted by atomic mass is 10.0. The summed E-state index contributed by atoms with van der Waals surface area (Å²) in [7, 11) is 0. The van der Waals surface area contributed by atoms with E-state index >= 15 is 0 Å². The van der Waals surface area contributed by atoms with Gasteiger partial charge in [-0.1, -0.05) is 0 Å². The Morgan fingerprint density at radius 3 is 3.07 bits per heavy atom. The summed E-state index contributed by atoms with van der Waals surface area (Å²) in [4.78, 5) is 0. The van der Waals surface area contributed by atoms with Crippen LogP contribution in [0, 0.1) is 0 Å². The highest BCUT2D eigenvalue weighted by molar-refractivity contribution is 4.74. The van der Waals surface area contributed by atoms with Crippen molar-refractivity contribution >= 4 is 0 Å². The van der Waals surface area contributed by atoms with Crippen LogP contribution in [0.3, 0.4) is 0 Å². The Balaban J connectivity index is 1.95. The largest absolute Gasteiger partial charge is 0.394 e. The molecule has 1 aliphatic rings. The van der Waals surface area contributed by atoms with Gasteiger partial charge in [0.2, 0.25) is 0 Å². The number of ether oxygens (including phenoxy) is 2.